The highest BCUT2D eigenvalue weighted by molar-refractivity contribution is 6.35. The van der Waals surface area contributed by atoms with E-state index in [1.165, 1.54) is 6.07 Å². The standard InChI is InChI=1S/C12H9N5O4/c13-9-7-8(15-12(14)16-9)11(21)17(10(7)20)4-1-2-5(18)6(19)3-4/h1-3,18-19H,(H4,13,14,15,16). The number of imide groups is 1. The molecule has 1 aromatic carbocycles. The minimum atomic E-state index is -0.735. The van der Waals surface area contributed by atoms with Crippen LogP contribution in [0.3, 0.4) is 0 Å². The Morgan fingerprint density at radius 1 is 1.00 bits per heavy atom. The van der Waals surface area contributed by atoms with Gasteiger partial charge in [0.15, 0.2) is 11.5 Å². The number of aromatic hydroxyl groups is 2. The van der Waals surface area contributed by atoms with E-state index >= 15 is 0 Å². The van der Waals surface area contributed by atoms with Crippen molar-refractivity contribution in [2.24, 2.45) is 0 Å². The molecule has 0 aliphatic carbocycles. The van der Waals surface area contributed by atoms with Gasteiger partial charge in [-0.3, -0.25) is 9.59 Å². The number of carbonyl (C=O) groups is 2. The van der Waals surface area contributed by atoms with Gasteiger partial charge < -0.3 is 21.7 Å². The average Bonchev–Trinajstić information content (AvgIpc) is 2.65. The summed E-state index contributed by atoms with van der Waals surface area (Å²) in [4.78, 5) is 32.7. The van der Waals surface area contributed by atoms with Gasteiger partial charge >= 0.3 is 0 Å². The molecule has 0 atom stereocenters. The van der Waals surface area contributed by atoms with Crippen molar-refractivity contribution in [3.05, 3.63) is 29.5 Å². The van der Waals surface area contributed by atoms with Gasteiger partial charge in [-0.1, -0.05) is 0 Å². The fourth-order valence-corrected chi connectivity index (χ4v) is 2.06. The molecular formula is C12H9N5O4. The molecule has 0 fully saturated rings. The van der Waals surface area contributed by atoms with Crippen molar-refractivity contribution >= 4 is 29.3 Å². The number of carbonyl (C=O) groups excluding carboxylic acids is 2. The van der Waals surface area contributed by atoms with E-state index in [4.69, 9.17) is 11.5 Å². The summed E-state index contributed by atoms with van der Waals surface area (Å²) in [7, 11) is 0. The van der Waals surface area contributed by atoms with Crippen LogP contribution in [0.25, 0.3) is 0 Å². The van der Waals surface area contributed by atoms with Crippen LogP contribution in [0.1, 0.15) is 20.8 Å². The number of fused-ring (bicyclic) bond motifs is 1. The number of nitrogen functional groups attached to an aromatic ring is 2. The molecule has 2 aromatic rings. The molecule has 0 radical (unpaired) electrons. The molecule has 1 aliphatic heterocycles. The maximum Gasteiger partial charge on any atom is 0.285 e. The second-order valence-electron chi connectivity index (χ2n) is 4.31. The first-order valence-corrected chi connectivity index (χ1v) is 5.74. The highest BCUT2D eigenvalue weighted by atomic mass is 16.3. The van der Waals surface area contributed by atoms with Crippen molar-refractivity contribution in [1.82, 2.24) is 9.97 Å². The Hall–Kier alpha value is -3.36. The molecule has 0 saturated carbocycles. The fourth-order valence-electron chi connectivity index (χ4n) is 2.06. The molecule has 9 heteroatoms. The minimum absolute atomic E-state index is 0.0660. The number of phenolic OH excluding ortho intramolecular Hbond substituents is 2. The summed E-state index contributed by atoms with van der Waals surface area (Å²) in [6, 6.07) is 3.52. The Balaban J connectivity index is 2.15. The highest BCUT2D eigenvalue weighted by Crippen LogP contribution is 2.34. The second-order valence-corrected chi connectivity index (χ2v) is 4.31. The van der Waals surface area contributed by atoms with Crippen molar-refractivity contribution < 1.29 is 19.8 Å². The fraction of sp³-hybridized carbons (Fsp3) is 0. The lowest BCUT2D eigenvalue weighted by Gasteiger charge is -2.13. The maximum atomic E-state index is 12.3. The number of phenols is 2. The average molecular weight is 287 g/mol. The van der Waals surface area contributed by atoms with Crippen LogP contribution in [0.2, 0.25) is 0 Å². The van der Waals surface area contributed by atoms with Gasteiger partial charge in [0.1, 0.15) is 17.1 Å². The molecular weight excluding hydrogens is 278 g/mol. The van der Waals surface area contributed by atoms with E-state index in [1.54, 1.807) is 0 Å². The maximum absolute atomic E-state index is 12.3. The van der Waals surface area contributed by atoms with Crippen LogP contribution in [0.15, 0.2) is 18.2 Å². The zero-order chi connectivity index (χ0) is 15.3. The summed E-state index contributed by atoms with van der Waals surface area (Å²) in [5, 5.41) is 18.8. The monoisotopic (exact) mass is 287 g/mol. The van der Waals surface area contributed by atoms with Gasteiger partial charge in [-0.05, 0) is 12.1 Å². The van der Waals surface area contributed by atoms with Crippen LogP contribution in [0, 0.1) is 0 Å². The topological polar surface area (TPSA) is 156 Å². The first-order valence-electron chi connectivity index (χ1n) is 5.74. The molecule has 2 heterocycles. The number of nitrogens with two attached hydrogens (primary N) is 2. The van der Waals surface area contributed by atoms with E-state index in [-0.39, 0.29) is 34.5 Å². The van der Waals surface area contributed by atoms with Crippen molar-refractivity contribution in [2.75, 3.05) is 16.4 Å². The van der Waals surface area contributed by atoms with Crippen LogP contribution in [-0.4, -0.2) is 32.0 Å². The summed E-state index contributed by atoms with van der Waals surface area (Å²) in [6.07, 6.45) is 0. The Morgan fingerprint density at radius 2 is 1.71 bits per heavy atom. The van der Waals surface area contributed by atoms with Gasteiger partial charge in [0.25, 0.3) is 11.8 Å². The third-order valence-electron chi connectivity index (χ3n) is 2.99. The largest absolute Gasteiger partial charge is 0.504 e. The summed E-state index contributed by atoms with van der Waals surface area (Å²) in [5.74, 6) is -2.72. The molecule has 2 amide bonds. The third kappa shape index (κ3) is 1.71. The van der Waals surface area contributed by atoms with Crippen LogP contribution in [0.4, 0.5) is 17.5 Å². The van der Waals surface area contributed by atoms with E-state index in [9.17, 15) is 19.8 Å². The molecule has 1 aliphatic rings. The number of rotatable bonds is 1. The molecule has 0 saturated heterocycles. The van der Waals surface area contributed by atoms with Crippen molar-refractivity contribution in [3.63, 3.8) is 0 Å². The molecule has 0 bridgehead atoms. The lowest BCUT2D eigenvalue weighted by atomic mass is 10.2. The lowest BCUT2D eigenvalue weighted by Crippen LogP contribution is -2.29. The first-order chi connectivity index (χ1) is 9.90. The van der Waals surface area contributed by atoms with Gasteiger partial charge in [0.05, 0.1) is 5.69 Å². The number of benzene rings is 1. The summed E-state index contributed by atoms with van der Waals surface area (Å²) in [5.41, 5.74) is 10.7. The van der Waals surface area contributed by atoms with Crippen molar-refractivity contribution in [1.29, 1.82) is 0 Å². The normalized spacial score (nSPS) is 13.6. The molecule has 6 N–H and O–H groups in total. The summed E-state index contributed by atoms with van der Waals surface area (Å²) >= 11 is 0. The van der Waals surface area contributed by atoms with Crippen LogP contribution >= 0.6 is 0 Å². The number of amides is 2. The molecule has 21 heavy (non-hydrogen) atoms. The molecule has 9 nitrogen and oxygen atoms in total. The van der Waals surface area contributed by atoms with Gasteiger partial charge in [-0.25, -0.2) is 9.88 Å². The quantitative estimate of drug-likeness (QED) is 0.417. The van der Waals surface area contributed by atoms with Crippen molar-refractivity contribution in [2.45, 2.75) is 0 Å². The second kappa shape index (κ2) is 4.07. The van der Waals surface area contributed by atoms with Gasteiger partial charge in [-0.2, -0.15) is 4.98 Å². The number of aromatic nitrogens is 2. The molecule has 1 aromatic heterocycles. The Morgan fingerprint density at radius 3 is 2.38 bits per heavy atom. The van der Waals surface area contributed by atoms with Crippen molar-refractivity contribution in [3.8, 4) is 11.5 Å². The van der Waals surface area contributed by atoms with E-state index in [0.29, 0.717) is 0 Å². The molecule has 3 rings (SSSR count). The molecule has 0 spiro atoms. The van der Waals surface area contributed by atoms with E-state index in [0.717, 1.165) is 17.0 Å². The zero-order valence-corrected chi connectivity index (χ0v) is 10.4. The predicted octanol–water partition coefficient (Wildman–Crippen LogP) is -0.147. The minimum Gasteiger partial charge on any atom is -0.504 e. The van der Waals surface area contributed by atoms with E-state index < -0.39 is 17.6 Å². The molecule has 0 unspecified atom stereocenters. The van der Waals surface area contributed by atoms with E-state index in [2.05, 4.69) is 9.97 Å². The number of anilines is 3. The van der Waals surface area contributed by atoms with Gasteiger partial charge in [-0.15, -0.1) is 0 Å². The lowest BCUT2D eigenvalue weighted by molar-refractivity contribution is 0.0925. The number of nitrogens with zero attached hydrogens (tertiary/aromatic N) is 3. The van der Waals surface area contributed by atoms with Crippen LogP contribution < -0.4 is 16.4 Å². The Labute approximate surface area is 117 Å². The Kier molecular flexibility index (Phi) is 2.45. The van der Waals surface area contributed by atoms with E-state index in [1.807, 2.05) is 0 Å². The van der Waals surface area contributed by atoms with Crippen LogP contribution in [0.5, 0.6) is 11.5 Å². The SMILES string of the molecule is Nc1nc(N)c2c(n1)C(=O)N(c1ccc(O)c(O)c1)C2=O. The zero-order valence-electron chi connectivity index (χ0n) is 10.4. The molecule has 106 valence electrons. The summed E-state index contributed by atoms with van der Waals surface area (Å²) in [6.45, 7) is 0. The van der Waals surface area contributed by atoms with Crippen LogP contribution in [-0.2, 0) is 0 Å². The Bertz CT molecular complexity index is 804. The smallest absolute Gasteiger partial charge is 0.285 e. The third-order valence-corrected chi connectivity index (χ3v) is 2.99. The predicted molar refractivity (Wildman–Crippen MR) is 71.8 cm³/mol. The number of hydrogen-bond acceptors (Lipinski definition) is 8. The van der Waals surface area contributed by atoms with Gasteiger partial charge in [0, 0.05) is 6.07 Å². The first kappa shape index (κ1) is 12.7. The summed E-state index contributed by atoms with van der Waals surface area (Å²) < 4.78 is 0. The highest BCUT2D eigenvalue weighted by Gasteiger charge is 2.41. The number of hydrogen-bond donors (Lipinski definition) is 4. The van der Waals surface area contributed by atoms with Gasteiger partial charge in [0.2, 0.25) is 5.95 Å².